The first-order chi connectivity index (χ1) is 8.24. The van der Waals surface area contributed by atoms with E-state index in [1.807, 2.05) is 18.2 Å². The Kier molecular flexibility index (Phi) is 3.98. The largest absolute Gasteiger partial charge is 0.412 e. The van der Waals surface area contributed by atoms with Crippen molar-refractivity contribution in [2.75, 3.05) is 13.1 Å². The Bertz CT molecular complexity index is 367. The van der Waals surface area contributed by atoms with Crippen LogP contribution < -0.4 is 15.4 Å². The van der Waals surface area contributed by atoms with Crippen LogP contribution in [0.15, 0.2) is 30.3 Å². The summed E-state index contributed by atoms with van der Waals surface area (Å²) in [6.45, 7) is 4.00. The van der Waals surface area contributed by atoms with Gasteiger partial charge in [0, 0.05) is 12.6 Å². The Morgan fingerprint density at radius 1 is 1.35 bits per heavy atom. The van der Waals surface area contributed by atoms with Crippen molar-refractivity contribution in [2.45, 2.75) is 19.4 Å². The third-order valence-electron chi connectivity index (χ3n) is 2.85. The molecule has 1 aliphatic rings. The molecule has 2 N–H and O–H groups in total. The fourth-order valence-corrected chi connectivity index (χ4v) is 2.06. The zero-order chi connectivity index (χ0) is 12.1. The molecular formula is C13H18N2O2. The average Bonchev–Trinajstić information content (AvgIpc) is 2.30. The van der Waals surface area contributed by atoms with Crippen LogP contribution in [0, 0.1) is 5.92 Å². The molecule has 0 saturated carbocycles. The van der Waals surface area contributed by atoms with Gasteiger partial charge in [-0.3, -0.25) is 0 Å². The highest BCUT2D eigenvalue weighted by Crippen LogP contribution is 2.11. The zero-order valence-corrected chi connectivity index (χ0v) is 9.98. The van der Waals surface area contributed by atoms with E-state index in [1.54, 1.807) is 12.1 Å². The number of para-hydroxylation sites is 1. The number of benzene rings is 1. The number of nitrogens with one attached hydrogen (secondary N) is 2. The summed E-state index contributed by atoms with van der Waals surface area (Å²) in [5.74, 6) is 1.16. The van der Waals surface area contributed by atoms with Gasteiger partial charge in [0.25, 0.3) is 0 Å². The van der Waals surface area contributed by atoms with Crippen molar-refractivity contribution in [1.82, 2.24) is 10.6 Å². The Balaban J connectivity index is 1.81. The molecule has 2 rings (SSSR count). The van der Waals surface area contributed by atoms with Crippen LogP contribution in [-0.2, 0) is 0 Å². The van der Waals surface area contributed by atoms with Crippen molar-refractivity contribution >= 4 is 6.09 Å². The molecule has 0 radical (unpaired) electrons. The second-order valence-corrected chi connectivity index (χ2v) is 4.54. The van der Waals surface area contributed by atoms with Gasteiger partial charge < -0.3 is 15.4 Å². The number of hydrogen-bond donors (Lipinski definition) is 2. The minimum atomic E-state index is -0.378. The highest BCUT2D eigenvalue weighted by atomic mass is 16.6. The third kappa shape index (κ3) is 3.75. The topological polar surface area (TPSA) is 50.4 Å². The highest BCUT2D eigenvalue weighted by molar-refractivity contribution is 5.70. The molecule has 1 aliphatic heterocycles. The van der Waals surface area contributed by atoms with E-state index in [4.69, 9.17) is 4.74 Å². The lowest BCUT2D eigenvalue weighted by molar-refractivity contribution is 0.190. The van der Waals surface area contributed by atoms with Crippen LogP contribution in [0.3, 0.4) is 0 Å². The fourth-order valence-electron chi connectivity index (χ4n) is 2.06. The minimum absolute atomic E-state index is 0.162. The average molecular weight is 234 g/mol. The van der Waals surface area contributed by atoms with Crippen LogP contribution in [-0.4, -0.2) is 25.2 Å². The van der Waals surface area contributed by atoms with Gasteiger partial charge in [0.05, 0.1) is 0 Å². The Labute approximate surface area is 101 Å². The van der Waals surface area contributed by atoms with Crippen molar-refractivity contribution in [2.24, 2.45) is 5.92 Å². The molecule has 1 aromatic rings. The predicted octanol–water partition coefficient (Wildman–Crippen LogP) is 1.77. The standard InChI is InChI=1S/C13H18N2O2/c1-10-7-11(9-14-8-10)15-13(16)17-12-5-3-2-4-6-12/h2-6,10-11,14H,7-9H2,1H3,(H,15,16)/t10-,11-/m0/s1. The van der Waals surface area contributed by atoms with Gasteiger partial charge in [-0.15, -0.1) is 0 Å². The van der Waals surface area contributed by atoms with Crippen LogP contribution >= 0.6 is 0 Å². The van der Waals surface area contributed by atoms with Crippen LogP contribution in [0.2, 0.25) is 0 Å². The molecule has 92 valence electrons. The summed E-state index contributed by atoms with van der Waals surface area (Å²) in [5.41, 5.74) is 0. The van der Waals surface area contributed by atoms with E-state index in [2.05, 4.69) is 17.6 Å². The van der Waals surface area contributed by atoms with Crippen molar-refractivity contribution in [3.63, 3.8) is 0 Å². The van der Waals surface area contributed by atoms with Crippen molar-refractivity contribution in [3.8, 4) is 5.75 Å². The minimum Gasteiger partial charge on any atom is -0.410 e. The molecule has 0 unspecified atom stereocenters. The van der Waals surface area contributed by atoms with E-state index in [1.165, 1.54) is 0 Å². The van der Waals surface area contributed by atoms with E-state index in [0.717, 1.165) is 19.5 Å². The molecule has 0 spiro atoms. The molecule has 1 saturated heterocycles. The van der Waals surface area contributed by atoms with E-state index in [0.29, 0.717) is 11.7 Å². The van der Waals surface area contributed by atoms with Gasteiger partial charge in [-0.05, 0) is 31.0 Å². The third-order valence-corrected chi connectivity index (χ3v) is 2.85. The maximum atomic E-state index is 11.6. The van der Waals surface area contributed by atoms with Crippen molar-refractivity contribution in [3.05, 3.63) is 30.3 Å². The normalized spacial score (nSPS) is 24.1. The molecule has 1 heterocycles. The molecule has 1 aromatic carbocycles. The number of rotatable bonds is 2. The van der Waals surface area contributed by atoms with Gasteiger partial charge in [-0.1, -0.05) is 25.1 Å². The molecule has 1 fully saturated rings. The summed E-state index contributed by atoms with van der Waals surface area (Å²) < 4.78 is 5.17. The monoisotopic (exact) mass is 234 g/mol. The molecule has 0 aromatic heterocycles. The Morgan fingerprint density at radius 3 is 2.82 bits per heavy atom. The second-order valence-electron chi connectivity index (χ2n) is 4.54. The van der Waals surface area contributed by atoms with Crippen LogP contribution in [0.25, 0.3) is 0 Å². The lowest BCUT2D eigenvalue weighted by atomic mass is 9.98. The van der Waals surface area contributed by atoms with Gasteiger partial charge in [-0.25, -0.2) is 4.79 Å². The van der Waals surface area contributed by atoms with Gasteiger partial charge in [-0.2, -0.15) is 0 Å². The maximum Gasteiger partial charge on any atom is 0.412 e. The second kappa shape index (κ2) is 5.68. The molecule has 2 atom stereocenters. The van der Waals surface area contributed by atoms with E-state index in [-0.39, 0.29) is 12.1 Å². The predicted molar refractivity (Wildman–Crippen MR) is 66.0 cm³/mol. The van der Waals surface area contributed by atoms with Crippen LogP contribution in [0.4, 0.5) is 4.79 Å². The number of ether oxygens (including phenoxy) is 1. The molecule has 17 heavy (non-hydrogen) atoms. The van der Waals surface area contributed by atoms with E-state index >= 15 is 0 Å². The maximum absolute atomic E-state index is 11.6. The van der Waals surface area contributed by atoms with E-state index in [9.17, 15) is 4.79 Å². The van der Waals surface area contributed by atoms with Crippen LogP contribution in [0.5, 0.6) is 5.75 Å². The molecule has 0 bridgehead atoms. The van der Waals surface area contributed by atoms with Crippen molar-refractivity contribution < 1.29 is 9.53 Å². The zero-order valence-electron chi connectivity index (χ0n) is 9.98. The summed E-state index contributed by atoms with van der Waals surface area (Å²) in [5, 5.41) is 6.16. The van der Waals surface area contributed by atoms with Crippen molar-refractivity contribution in [1.29, 1.82) is 0 Å². The molecule has 4 nitrogen and oxygen atoms in total. The quantitative estimate of drug-likeness (QED) is 0.820. The van der Waals surface area contributed by atoms with Gasteiger partial charge >= 0.3 is 6.09 Å². The fraction of sp³-hybridized carbons (Fsp3) is 0.462. The van der Waals surface area contributed by atoms with Gasteiger partial charge in [0.15, 0.2) is 0 Å². The summed E-state index contributed by atoms with van der Waals surface area (Å²) in [6.07, 6.45) is 0.619. The molecular weight excluding hydrogens is 216 g/mol. The molecule has 0 aliphatic carbocycles. The highest BCUT2D eigenvalue weighted by Gasteiger charge is 2.20. The summed E-state index contributed by atoms with van der Waals surface area (Å²) >= 11 is 0. The summed E-state index contributed by atoms with van der Waals surface area (Å²) in [4.78, 5) is 11.6. The first-order valence-electron chi connectivity index (χ1n) is 5.98. The number of hydrogen-bond acceptors (Lipinski definition) is 3. The number of carbonyl (C=O) groups is 1. The van der Waals surface area contributed by atoms with Gasteiger partial charge in [0.1, 0.15) is 5.75 Å². The Morgan fingerprint density at radius 2 is 2.12 bits per heavy atom. The number of carbonyl (C=O) groups excluding carboxylic acids is 1. The summed E-state index contributed by atoms with van der Waals surface area (Å²) in [6, 6.07) is 9.26. The SMILES string of the molecule is C[C@@H]1CNC[C@@H](NC(=O)Oc2ccccc2)C1. The number of piperidine rings is 1. The Hall–Kier alpha value is -1.55. The smallest absolute Gasteiger partial charge is 0.410 e. The number of amides is 1. The first kappa shape index (κ1) is 11.9. The summed E-state index contributed by atoms with van der Waals surface area (Å²) in [7, 11) is 0. The first-order valence-corrected chi connectivity index (χ1v) is 5.98. The van der Waals surface area contributed by atoms with E-state index < -0.39 is 0 Å². The molecule has 1 amide bonds. The van der Waals surface area contributed by atoms with Gasteiger partial charge in [0.2, 0.25) is 0 Å². The van der Waals surface area contributed by atoms with Crippen LogP contribution in [0.1, 0.15) is 13.3 Å². The lowest BCUT2D eigenvalue weighted by Gasteiger charge is -2.27. The lowest BCUT2D eigenvalue weighted by Crippen LogP contribution is -2.49. The molecule has 4 heteroatoms.